The Labute approximate surface area is 109 Å². The quantitative estimate of drug-likeness (QED) is 0.834. The molecule has 0 spiro atoms. The van der Waals surface area contributed by atoms with Crippen LogP contribution in [0.25, 0.3) is 0 Å². The van der Waals surface area contributed by atoms with Crippen molar-refractivity contribution in [3.8, 4) is 0 Å². The minimum absolute atomic E-state index is 0.0895. The Bertz CT molecular complexity index is 436. The lowest BCUT2D eigenvalue weighted by molar-refractivity contribution is 0.0772. The van der Waals surface area contributed by atoms with E-state index >= 15 is 0 Å². The molecule has 3 heteroatoms. The van der Waals surface area contributed by atoms with Crippen LogP contribution in [0.4, 0.5) is 5.69 Å². The van der Waals surface area contributed by atoms with Crippen molar-refractivity contribution in [2.75, 3.05) is 19.3 Å². The monoisotopic (exact) mass is 246 g/mol. The highest BCUT2D eigenvalue weighted by Crippen LogP contribution is 2.26. The molecule has 0 radical (unpaired) electrons. The van der Waals surface area contributed by atoms with Gasteiger partial charge in [-0.25, -0.2) is 0 Å². The number of carbonyl (C=O) groups is 1. The van der Waals surface area contributed by atoms with Crippen LogP contribution in [0.1, 0.15) is 41.6 Å². The summed E-state index contributed by atoms with van der Waals surface area (Å²) in [5.74, 6) is 0.770. The van der Waals surface area contributed by atoms with Crippen LogP contribution in [0.15, 0.2) is 18.2 Å². The first kappa shape index (κ1) is 12.9. The molecule has 1 amide bonds. The summed E-state index contributed by atoms with van der Waals surface area (Å²) >= 11 is 0. The fraction of sp³-hybridized carbons (Fsp3) is 0.533. The van der Waals surface area contributed by atoms with E-state index in [1.807, 2.05) is 37.1 Å². The molecule has 1 fully saturated rings. The molecule has 18 heavy (non-hydrogen) atoms. The van der Waals surface area contributed by atoms with Crippen molar-refractivity contribution in [3.05, 3.63) is 29.3 Å². The van der Waals surface area contributed by atoms with E-state index in [9.17, 15) is 4.79 Å². The van der Waals surface area contributed by atoms with Gasteiger partial charge in [0.15, 0.2) is 0 Å². The maximum absolute atomic E-state index is 12.4. The summed E-state index contributed by atoms with van der Waals surface area (Å²) in [5, 5.41) is 0. The normalized spacial score (nSPS) is 15.9. The Hall–Kier alpha value is -1.51. The maximum atomic E-state index is 12.4. The van der Waals surface area contributed by atoms with Gasteiger partial charge in [-0.3, -0.25) is 4.79 Å². The summed E-state index contributed by atoms with van der Waals surface area (Å²) in [5.41, 5.74) is 8.16. The minimum atomic E-state index is 0.0895. The predicted octanol–water partition coefficient (Wildman–Crippen LogP) is 2.84. The summed E-state index contributed by atoms with van der Waals surface area (Å²) in [6.45, 7) is 2.78. The Morgan fingerprint density at radius 1 is 1.39 bits per heavy atom. The highest BCUT2D eigenvalue weighted by molar-refractivity contribution is 5.96. The Morgan fingerprint density at radius 2 is 2.06 bits per heavy atom. The zero-order valence-corrected chi connectivity index (χ0v) is 11.3. The molecular weight excluding hydrogens is 224 g/mol. The summed E-state index contributed by atoms with van der Waals surface area (Å²) in [6, 6.07) is 5.54. The van der Waals surface area contributed by atoms with Crippen LogP contribution in [-0.2, 0) is 0 Å². The SMILES string of the molecule is Cc1c(N)cccc1C(=O)N(C)CC1CCCC1. The van der Waals surface area contributed by atoms with Gasteiger partial charge in [0, 0.05) is 24.8 Å². The average molecular weight is 246 g/mol. The van der Waals surface area contributed by atoms with Crippen molar-refractivity contribution < 1.29 is 4.79 Å². The second-order valence-corrected chi connectivity index (χ2v) is 5.36. The lowest BCUT2D eigenvalue weighted by Crippen LogP contribution is -2.31. The number of amides is 1. The highest BCUT2D eigenvalue weighted by Gasteiger charge is 2.21. The third-order valence-corrected chi connectivity index (χ3v) is 3.96. The van der Waals surface area contributed by atoms with Crippen LogP contribution in [-0.4, -0.2) is 24.4 Å². The second-order valence-electron chi connectivity index (χ2n) is 5.36. The van der Waals surface area contributed by atoms with Gasteiger partial charge in [-0.2, -0.15) is 0 Å². The molecular formula is C15H22N2O. The first-order valence-electron chi connectivity index (χ1n) is 6.70. The molecule has 1 aromatic carbocycles. The summed E-state index contributed by atoms with van der Waals surface area (Å²) in [4.78, 5) is 14.2. The van der Waals surface area contributed by atoms with E-state index in [2.05, 4.69) is 0 Å². The summed E-state index contributed by atoms with van der Waals surface area (Å²) < 4.78 is 0. The van der Waals surface area contributed by atoms with Gasteiger partial charge < -0.3 is 10.6 Å². The molecule has 0 saturated heterocycles. The fourth-order valence-corrected chi connectivity index (χ4v) is 2.75. The average Bonchev–Trinajstić information content (AvgIpc) is 2.84. The molecule has 0 heterocycles. The van der Waals surface area contributed by atoms with Crippen molar-refractivity contribution in [2.45, 2.75) is 32.6 Å². The van der Waals surface area contributed by atoms with E-state index in [-0.39, 0.29) is 5.91 Å². The van der Waals surface area contributed by atoms with Gasteiger partial charge in [-0.15, -0.1) is 0 Å². The molecule has 1 aliphatic rings. The number of benzene rings is 1. The molecule has 0 bridgehead atoms. The van der Waals surface area contributed by atoms with Gasteiger partial charge in [0.25, 0.3) is 5.91 Å². The number of carbonyl (C=O) groups excluding carboxylic acids is 1. The number of nitrogens with zero attached hydrogens (tertiary/aromatic N) is 1. The standard InChI is InChI=1S/C15H22N2O/c1-11-13(8-5-9-14(11)16)15(18)17(2)10-12-6-3-4-7-12/h5,8-9,12H,3-4,6-7,10,16H2,1-2H3. The Kier molecular flexibility index (Phi) is 3.90. The van der Waals surface area contributed by atoms with Gasteiger partial charge in [0.05, 0.1) is 0 Å². The summed E-state index contributed by atoms with van der Waals surface area (Å²) in [7, 11) is 1.89. The van der Waals surface area contributed by atoms with Crippen LogP contribution in [0, 0.1) is 12.8 Å². The molecule has 2 N–H and O–H groups in total. The molecule has 0 unspecified atom stereocenters. The van der Waals surface area contributed by atoms with Crippen molar-refractivity contribution in [1.29, 1.82) is 0 Å². The van der Waals surface area contributed by atoms with Crippen LogP contribution in [0.5, 0.6) is 0 Å². The fourth-order valence-electron chi connectivity index (χ4n) is 2.75. The molecule has 0 aromatic heterocycles. The number of hydrogen-bond acceptors (Lipinski definition) is 2. The topological polar surface area (TPSA) is 46.3 Å². The van der Waals surface area contributed by atoms with E-state index in [1.165, 1.54) is 25.7 Å². The largest absolute Gasteiger partial charge is 0.398 e. The Morgan fingerprint density at radius 3 is 2.72 bits per heavy atom. The lowest BCUT2D eigenvalue weighted by atomic mass is 10.0. The van der Waals surface area contributed by atoms with E-state index in [4.69, 9.17) is 5.73 Å². The van der Waals surface area contributed by atoms with E-state index in [0.29, 0.717) is 11.6 Å². The zero-order chi connectivity index (χ0) is 13.1. The smallest absolute Gasteiger partial charge is 0.253 e. The van der Waals surface area contributed by atoms with Gasteiger partial charge in [-0.1, -0.05) is 18.9 Å². The molecule has 98 valence electrons. The predicted molar refractivity (Wildman–Crippen MR) is 74.5 cm³/mol. The summed E-state index contributed by atoms with van der Waals surface area (Å²) in [6.07, 6.45) is 5.13. The van der Waals surface area contributed by atoms with E-state index in [1.54, 1.807) is 0 Å². The minimum Gasteiger partial charge on any atom is -0.398 e. The van der Waals surface area contributed by atoms with E-state index in [0.717, 1.165) is 17.7 Å². The zero-order valence-electron chi connectivity index (χ0n) is 11.3. The van der Waals surface area contributed by atoms with Gasteiger partial charge in [-0.05, 0) is 43.4 Å². The van der Waals surface area contributed by atoms with Crippen molar-refractivity contribution >= 4 is 11.6 Å². The van der Waals surface area contributed by atoms with Gasteiger partial charge in [0.2, 0.25) is 0 Å². The van der Waals surface area contributed by atoms with Crippen LogP contribution < -0.4 is 5.73 Å². The molecule has 0 aliphatic heterocycles. The molecule has 2 rings (SSSR count). The molecule has 1 saturated carbocycles. The number of anilines is 1. The third-order valence-electron chi connectivity index (χ3n) is 3.96. The maximum Gasteiger partial charge on any atom is 0.253 e. The van der Waals surface area contributed by atoms with Crippen molar-refractivity contribution in [2.24, 2.45) is 5.92 Å². The molecule has 0 atom stereocenters. The lowest BCUT2D eigenvalue weighted by Gasteiger charge is -2.22. The number of hydrogen-bond donors (Lipinski definition) is 1. The number of nitrogens with two attached hydrogens (primary N) is 1. The van der Waals surface area contributed by atoms with Crippen LogP contribution in [0.3, 0.4) is 0 Å². The molecule has 3 nitrogen and oxygen atoms in total. The van der Waals surface area contributed by atoms with E-state index < -0.39 is 0 Å². The number of nitrogen functional groups attached to an aromatic ring is 1. The first-order chi connectivity index (χ1) is 8.59. The molecule has 1 aliphatic carbocycles. The second kappa shape index (κ2) is 5.42. The van der Waals surface area contributed by atoms with Crippen molar-refractivity contribution in [1.82, 2.24) is 4.90 Å². The third kappa shape index (κ3) is 2.66. The van der Waals surface area contributed by atoms with Gasteiger partial charge >= 0.3 is 0 Å². The first-order valence-corrected chi connectivity index (χ1v) is 6.70. The Balaban J connectivity index is 2.07. The van der Waals surface area contributed by atoms with Crippen molar-refractivity contribution in [3.63, 3.8) is 0 Å². The van der Waals surface area contributed by atoms with Gasteiger partial charge in [0.1, 0.15) is 0 Å². The number of rotatable bonds is 3. The van der Waals surface area contributed by atoms with Crippen LogP contribution in [0.2, 0.25) is 0 Å². The van der Waals surface area contributed by atoms with Crippen LogP contribution >= 0.6 is 0 Å². The molecule has 1 aromatic rings. The highest BCUT2D eigenvalue weighted by atomic mass is 16.2.